The second kappa shape index (κ2) is 6.02. The van der Waals surface area contributed by atoms with Crippen LogP contribution in [-0.2, 0) is 9.53 Å². The third kappa shape index (κ3) is 2.48. The van der Waals surface area contributed by atoms with Gasteiger partial charge in [-0.05, 0) is 45.1 Å². The lowest BCUT2D eigenvalue weighted by molar-refractivity contribution is -0.156. The highest BCUT2D eigenvalue weighted by Gasteiger charge is 2.46. The van der Waals surface area contributed by atoms with Crippen LogP contribution in [0.2, 0.25) is 0 Å². The molecule has 114 valence electrons. The zero-order valence-electron chi connectivity index (χ0n) is 12.7. The van der Waals surface area contributed by atoms with Gasteiger partial charge in [0.1, 0.15) is 0 Å². The van der Waals surface area contributed by atoms with Crippen LogP contribution in [0.5, 0.6) is 0 Å². The van der Waals surface area contributed by atoms with Crippen LogP contribution in [0.15, 0.2) is 0 Å². The van der Waals surface area contributed by atoms with Crippen molar-refractivity contribution in [1.82, 2.24) is 10.2 Å². The van der Waals surface area contributed by atoms with E-state index in [4.69, 9.17) is 4.74 Å². The largest absolute Gasteiger partial charge is 0.374 e. The molecule has 0 bridgehead atoms. The van der Waals surface area contributed by atoms with Crippen LogP contribution >= 0.6 is 0 Å². The Kier molecular flexibility index (Phi) is 4.32. The summed E-state index contributed by atoms with van der Waals surface area (Å²) in [5.41, 5.74) is -0.141. The molecule has 3 aliphatic rings. The lowest BCUT2D eigenvalue weighted by Gasteiger charge is -2.45. The molecule has 1 saturated carbocycles. The second-order valence-corrected chi connectivity index (χ2v) is 6.72. The van der Waals surface area contributed by atoms with Gasteiger partial charge in [0.25, 0.3) is 0 Å². The molecule has 0 aromatic heterocycles. The minimum absolute atomic E-state index is 0.141. The molecule has 4 heteroatoms. The van der Waals surface area contributed by atoms with Crippen LogP contribution in [0.4, 0.5) is 0 Å². The van der Waals surface area contributed by atoms with Gasteiger partial charge in [0.15, 0.2) is 0 Å². The van der Waals surface area contributed by atoms with E-state index in [1.807, 2.05) is 0 Å². The van der Waals surface area contributed by atoms with Gasteiger partial charge in [0, 0.05) is 13.1 Å². The monoisotopic (exact) mass is 280 g/mol. The van der Waals surface area contributed by atoms with Crippen LogP contribution in [-0.4, -0.2) is 49.2 Å². The quantitative estimate of drug-likeness (QED) is 0.859. The predicted molar refractivity (Wildman–Crippen MR) is 78.5 cm³/mol. The molecule has 0 radical (unpaired) electrons. The minimum Gasteiger partial charge on any atom is -0.374 e. The van der Waals surface area contributed by atoms with Gasteiger partial charge in [-0.25, -0.2) is 0 Å². The molecule has 3 unspecified atom stereocenters. The molecule has 3 atom stereocenters. The van der Waals surface area contributed by atoms with Crippen LogP contribution in [0.1, 0.15) is 51.9 Å². The van der Waals surface area contributed by atoms with Crippen LogP contribution in [0.25, 0.3) is 0 Å². The van der Waals surface area contributed by atoms with Crippen molar-refractivity contribution in [2.45, 2.75) is 64.0 Å². The van der Waals surface area contributed by atoms with Crippen molar-refractivity contribution in [1.29, 1.82) is 0 Å². The molecule has 20 heavy (non-hydrogen) atoms. The van der Waals surface area contributed by atoms with Crippen molar-refractivity contribution < 1.29 is 9.53 Å². The fraction of sp³-hybridized carbons (Fsp3) is 0.938. The molecule has 1 N–H and O–H groups in total. The standard InChI is InChI=1S/C16H28N2O2/c1-2-7-16(8-4-9-17-12-16)15(19)18-10-11-20-14-6-3-5-13(14)18/h13-14,17H,2-12H2,1H3. The van der Waals surface area contributed by atoms with E-state index in [0.29, 0.717) is 18.1 Å². The maximum Gasteiger partial charge on any atom is 0.230 e. The van der Waals surface area contributed by atoms with E-state index < -0.39 is 0 Å². The van der Waals surface area contributed by atoms with Gasteiger partial charge < -0.3 is 15.0 Å². The Bertz CT molecular complexity index is 347. The summed E-state index contributed by atoms with van der Waals surface area (Å²) >= 11 is 0. The van der Waals surface area contributed by atoms with E-state index in [1.54, 1.807) is 0 Å². The van der Waals surface area contributed by atoms with Crippen molar-refractivity contribution in [3.63, 3.8) is 0 Å². The molecule has 0 aromatic carbocycles. The molecular formula is C16H28N2O2. The average Bonchev–Trinajstić information content (AvgIpc) is 2.96. The number of ether oxygens (including phenoxy) is 1. The van der Waals surface area contributed by atoms with Gasteiger partial charge >= 0.3 is 0 Å². The Morgan fingerprint density at radius 3 is 3.05 bits per heavy atom. The van der Waals surface area contributed by atoms with Gasteiger partial charge in [-0.15, -0.1) is 0 Å². The maximum atomic E-state index is 13.2. The fourth-order valence-corrected chi connectivity index (χ4v) is 4.43. The van der Waals surface area contributed by atoms with Gasteiger partial charge in [0.05, 0.1) is 24.2 Å². The summed E-state index contributed by atoms with van der Waals surface area (Å²) in [6.45, 7) is 5.65. The van der Waals surface area contributed by atoms with Crippen molar-refractivity contribution in [2.75, 3.05) is 26.2 Å². The average molecular weight is 280 g/mol. The number of fused-ring (bicyclic) bond motifs is 1. The van der Waals surface area contributed by atoms with Gasteiger partial charge in [-0.1, -0.05) is 13.3 Å². The van der Waals surface area contributed by atoms with E-state index in [9.17, 15) is 4.79 Å². The number of hydrogen-bond donors (Lipinski definition) is 1. The molecule has 2 saturated heterocycles. The highest BCUT2D eigenvalue weighted by atomic mass is 16.5. The number of nitrogens with zero attached hydrogens (tertiary/aromatic N) is 1. The number of hydrogen-bond acceptors (Lipinski definition) is 3. The normalized spacial score (nSPS) is 37.8. The van der Waals surface area contributed by atoms with Crippen molar-refractivity contribution in [3.05, 3.63) is 0 Å². The Morgan fingerprint density at radius 1 is 1.40 bits per heavy atom. The van der Waals surface area contributed by atoms with Crippen molar-refractivity contribution in [3.8, 4) is 0 Å². The predicted octanol–water partition coefficient (Wildman–Crippen LogP) is 1.94. The number of nitrogens with one attached hydrogen (secondary N) is 1. The number of rotatable bonds is 3. The Balaban J connectivity index is 1.77. The van der Waals surface area contributed by atoms with E-state index in [2.05, 4.69) is 17.1 Å². The summed E-state index contributed by atoms with van der Waals surface area (Å²) in [6.07, 6.45) is 8.07. The third-order valence-electron chi connectivity index (χ3n) is 5.40. The highest BCUT2D eigenvalue weighted by Crippen LogP contribution is 2.38. The lowest BCUT2D eigenvalue weighted by atomic mass is 9.75. The molecule has 0 aromatic rings. The topological polar surface area (TPSA) is 41.6 Å². The molecule has 3 rings (SSSR count). The van der Waals surface area contributed by atoms with E-state index in [0.717, 1.165) is 64.8 Å². The summed E-state index contributed by atoms with van der Waals surface area (Å²) in [6, 6.07) is 0.354. The summed E-state index contributed by atoms with van der Waals surface area (Å²) < 4.78 is 5.85. The Labute approximate surface area is 122 Å². The SMILES string of the molecule is CCCC1(C(=O)N2CCOC3CCCC32)CCCNC1. The zero-order chi connectivity index (χ0) is 14.0. The number of carbonyl (C=O) groups excluding carboxylic acids is 1. The number of amides is 1. The highest BCUT2D eigenvalue weighted by molar-refractivity contribution is 5.83. The first-order valence-electron chi connectivity index (χ1n) is 8.40. The number of piperidine rings is 1. The molecule has 2 aliphatic heterocycles. The number of carbonyl (C=O) groups is 1. The summed E-state index contributed by atoms with van der Waals surface area (Å²) in [5.74, 6) is 0.409. The van der Waals surface area contributed by atoms with Gasteiger partial charge in [-0.3, -0.25) is 4.79 Å². The summed E-state index contributed by atoms with van der Waals surface area (Å²) in [4.78, 5) is 15.4. The maximum absolute atomic E-state index is 13.2. The first-order valence-corrected chi connectivity index (χ1v) is 8.40. The fourth-order valence-electron chi connectivity index (χ4n) is 4.43. The first kappa shape index (κ1) is 14.3. The number of morpholine rings is 1. The van der Waals surface area contributed by atoms with Crippen LogP contribution in [0, 0.1) is 5.41 Å². The zero-order valence-corrected chi connectivity index (χ0v) is 12.7. The van der Waals surface area contributed by atoms with Crippen molar-refractivity contribution >= 4 is 5.91 Å². The summed E-state index contributed by atoms with van der Waals surface area (Å²) in [5, 5.41) is 3.46. The first-order chi connectivity index (χ1) is 9.77. The van der Waals surface area contributed by atoms with Gasteiger partial charge in [-0.2, -0.15) is 0 Å². The van der Waals surface area contributed by atoms with Crippen LogP contribution in [0.3, 0.4) is 0 Å². The van der Waals surface area contributed by atoms with E-state index >= 15 is 0 Å². The Hall–Kier alpha value is -0.610. The molecule has 0 spiro atoms. The van der Waals surface area contributed by atoms with Crippen LogP contribution < -0.4 is 5.32 Å². The molecule has 2 heterocycles. The van der Waals surface area contributed by atoms with Gasteiger partial charge in [0.2, 0.25) is 5.91 Å². The third-order valence-corrected chi connectivity index (χ3v) is 5.40. The molecule has 3 fully saturated rings. The minimum atomic E-state index is -0.141. The molecule has 4 nitrogen and oxygen atoms in total. The smallest absolute Gasteiger partial charge is 0.230 e. The van der Waals surface area contributed by atoms with Crippen molar-refractivity contribution in [2.24, 2.45) is 5.41 Å². The van der Waals surface area contributed by atoms with E-state index in [1.165, 1.54) is 6.42 Å². The van der Waals surface area contributed by atoms with E-state index in [-0.39, 0.29) is 5.41 Å². The second-order valence-electron chi connectivity index (χ2n) is 6.72. The molecular weight excluding hydrogens is 252 g/mol. The summed E-state index contributed by atoms with van der Waals surface area (Å²) in [7, 11) is 0. The Morgan fingerprint density at radius 2 is 2.30 bits per heavy atom. The molecule has 1 aliphatic carbocycles. The molecule has 1 amide bonds. The lowest BCUT2D eigenvalue weighted by Crippen LogP contribution is -2.58.